The van der Waals surface area contributed by atoms with E-state index in [-0.39, 0.29) is 31.1 Å². The zero-order valence-corrected chi connectivity index (χ0v) is 34.3. The van der Waals surface area contributed by atoms with Crippen molar-refractivity contribution in [2.24, 2.45) is 29.0 Å². The molecule has 1 fully saturated rings. The molecule has 0 spiro atoms. The first-order valence-corrected chi connectivity index (χ1v) is 19.4. The Morgan fingerprint density at radius 2 is 1.25 bits per heavy atom. The number of aliphatic hydroxyl groups excluding tert-OH is 1. The van der Waals surface area contributed by atoms with Crippen molar-refractivity contribution in [3.05, 3.63) is 29.8 Å². The van der Waals surface area contributed by atoms with E-state index in [1.54, 1.807) is 27.7 Å². The third kappa shape index (κ3) is 15.5. The average molecular weight is 847 g/mol. The summed E-state index contributed by atoms with van der Waals surface area (Å²) >= 11 is 0. The summed E-state index contributed by atoms with van der Waals surface area (Å²) in [4.78, 5) is 130. The second-order valence-electron chi connectivity index (χ2n) is 15.2. The van der Waals surface area contributed by atoms with Crippen molar-refractivity contribution in [1.82, 2.24) is 36.8 Å². The predicted octanol–water partition coefficient (Wildman–Crippen LogP) is -4.22. The molecule has 14 N–H and O–H groups in total. The average Bonchev–Trinajstić information content (AvgIpc) is 3.66. The summed E-state index contributed by atoms with van der Waals surface area (Å²) in [7, 11) is 0. The summed E-state index contributed by atoms with van der Waals surface area (Å²) in [5.41, 5.74) is 16.6. The summed E-state index contributed by atoms with van der Waals surface area (Å²) in [6.45, 7) is 7.00. The van der Waals surface area contributed by atoms with E-state index in [1.807, 2.05) is 0 Å². The van der Waals surface area contributed by atoms with Crippen LogP contribution in [0.15, 0.2) is 24.3 Å². The molecule has 0 aromatic heterocycles. The molecule has 60 heavy (non-hydrogen) atoms. The van der Waals surface area contributed by atoms with E-state index < -0.39 is 133 Å². The van der Waals surface area contributed by atoms with Crippen molar-refractivity contribution < 1.29 is 58.2 Å². The first kappa shape index (κ1) is 49.8. The Bertz CT molecular complexity index is 1760. The minimum Gasteiger partial charge on any atom is -0.508 e. The molecule has 7 unspecified atom stereocenters. The van der Waals surface area contributed by atoms with Gasteiger partial charge in [0.2, 0.25) is 59.1 Å². The smallest absolute Gasteiger partial charge is 0.246 e. The Morgan fingerprint density at radius 1 is 0.700 bits per heavy atom. The second kappa shape index (κ2) is 23.3. The minimum absolute atomic E-state index is 0.0600. The molecule has 1 aliphatic heterocycles. The molecule has 0 aliphatic carbocycles. The van der Waals surface area contributed by atoms with E-state index in [4.69, 9.17) is 17.2 Å². The van der Waals surface area contributed by atoms with Crippen molar-refractivity contribution >= 4 is 59.1 Å². The van der Waals surface area contributed by atoms with Crippen LogP contribution in [0.2, 0.25) is 0 Å². The third-order valence-electron chi connectivity index (χ3n) is 9.57. The third-order valence-corrected chi connectivity index (χ3v) is 9.57. The fraction of sp³-hybridized carbons (Fsp3) is 0.579. The number of hydrogen-bond acceptors (Lipinski definition) is 12. The van der Waals surface area contributed by atoms with Gasteiger partial charge in [-0.1, -0.05) is 39.8 Å². The predicted molar refractivity (Wildman–Crippen MR) is 212 cm³/mol. The molecular formula is C38H58N10O12. The molecule has 1 saturated heterocycles. The molecule has 1 aromatic carbocycles. The number of phenols is 1. The van der Waals surface area contributed by atoms with Crippen molar-refractivity contribution in [3.8, 4) is 5.75 Å². The molecule has 22 nitrogen and oxygen atoms in total. The number of hydrogen-bond donors (Lipinski definition) is 11. The Morgan fingerprint density at radius 3 is 1.77 bits per heavy atom. The van der Waals surface area contributed by atoms with Crippen LogP contribution in [0, 0.1) is 11.8 Å². The van der Waals surface area contributed by atoms with Crippen molar-refractivity contribution in [2.75, 3.05) is 13.2 Å². The highest BCUT2D eigenvalue weighted by Gasteiger charge is 2.41. The molecule has 1 heterocycles. The van der Waals surface area contributed by atoms with E-state index >= 15 is 0 Å². The lowest BCUT2D eigenvalue weighted by atomic mass is 9.99. The van der Waals surface area contributed by atoms with E-state index in [0.717, 1.165) is 6.92 Å². The number of benzene rings is 1. The molecule has 22 heteroatoms. The molecule has 1 aliphatic rings. The van der Waals surface area contributed by atoms with Crippen LogP contribution in [0.4, 0.5) is 0 Å². The topological polar surface area (TPSA) is 365 Å². The summed E-state index contributed by atoms with van der Waals surface area (Å²) in [5, 5.41) is 34.0. The van der Waals surface area contributed by atoms with Crippen LogP contribution in [0.3, 0.4) is 0 Å². The van der Waals surface area contributed by atoms with Crippen LogP contribution in [0.5, 0.6) is 5.75 Å². The van der Waals surface area contributed by atoms with E-state index in [1.165, 1.54) is 29.2 Å². The molecule has 0 radical (unpaired) electrons. The SMILES string of the molecule is CC(=O)NC(CO)C(=O)NC(CCC(N)=O)C(=O)NC(CC(N)=O)C(=O)NC(Cc1ccc(O)cc1)C(=O)N1CCCC1C(=O)NC(C(=O)NC(C(N)=O)C(C)C)C(C)C. The zero-order valence-electron chi connectivity index (χ0n) is 34.3. The first-order chi connectivity index (χ1) is 28.0. The van der Waals surface area contributed by atoms with Gasteiger partial charge in [0.05, 0.1) is 13.0 Å². The highest BCUT2D eigenvalue weighted by atomic mass is 16.3. The molecule has 0 saturated carbocycles. The standard InChI is InChI=1S/C38H58N10O12/c1-18(2)30(32(41)54)46-37(59)31(19(3)4)47-36(58)27-7-6-14-48(27)38(60)25(15-21-8-10-22(51)11-9-21)45-34(56)24(16-29(40)53)44-33(55)23(12-13-28(39)52)43-35(57)26(17-49)42-20(5)50/h8-11,18-19,23-27,30-31,49,51H,6-7,12-17H2,1-5H3,(H2,39,52)(H2,40,53)(H2,41,54)(H,42,50)(H,43,57)(H,44,55)(H,45,56)(H,46,59)(H,47,58). The lowest BCUT2D eigenvalue weighted by molar-refractivity contribution is -0.143. The number of phenolic OH excluding ortho intramolecular Hbond substituents is 1. The number of amides is 10. The number of nitrogens with zero attached hydrogens (tertiary/aromatic N) is 1. The summed E-state index contributed by atoms with van der Waals surface area (Å²) < 4.78 is 0. The van der Waals surface area contributed by atoms with Gasteiger partial charge in [-0.3, -0.25) is 47.9 Å². The summed E-state index contributed by atoms with van der Waals surface area (Å²) in [6.07, 6.45) is -1.32. The van der Waals surface area contributed by atoms with Crippen LogP contribution in [0.25, 0.3) is 0 Å². The molecule has 332 valence electrons. The largest absolute Gasteiger partial charge is 0.508 e. The maximum absolute atomic E-state index is 14.4. The van der Waals surface area contributed by atoms with Crippen LogP contribution in [-0.4, -0.2) is 130 Å². The lowest BCUT2D eigenvalue weighted by Crippen LogP contribution is -2.61. The molecule has 1 aromatic rings. The highest BCUT2D eigenvalue weighted by molar-refractivity contribution is 5.99. The maximum atomic E-state index is 14.4. The number of nitrogens with two attached hydrogens (primary N) is 3. The zero-order chi connectivity index (χ0) is 45.4. The van der Waals surface area contributed by atoms with Crippen molar-refractivity contribution in [3.63, 3.8) is 0 Å². The lowest BCUT2D eigenvalue weighted by Gasteiger charge is -2.32. The number of rotatable bonds is 23. The molecule has 0 bridgehead atoms. The molecule has 10 amide bonds. The Labute approximate surface area is 346 Å². The van der Waals surface area contributed by atoms with Crippen LogP contribution < -0.4 is 49.1 Å². The number of aliphatic hydroxyl groups is 1. The Balaban J connectivity index is 2.43. The fourth-order valence-corrected chi connectivity index (χ4v) is 6.39. The summed E-state index contributed by atoms with van der Waals surface area (Å²) in [5.74, 6) is -9.56. The van der Waals surface area contributed by atoms with Gasteiger partial charge in [0.15, 0.2) is 0 Å². The number of carbonyl (C=O) groups is 10. The maximum Gasteiger partial charge on any atom is 0.246 e. The number of nitrogens with one attached hydrogen (secondary N) is 6. The van der Waals surface area contributed by atoms with Gasteiger partial charge in [0, 0.05) is 26.3 Å². The second-order valence-corrected chi connectivity index (χ2v) is 15.2. The molecular weight excluding hydrogens is 788 g/mol. The first-order valence-electron chi connectivity index (χ1n) is 19.4. The van der Waals surface area contributed by atoms with Crippen LogP contribution >= 0.6 is 0 Å². The number of primary amides is 3. The number of carbonyl (C=O) groups excluding carboxylic acids is 10. The van der Waals surface area contributed by atoms with Gasteiger partial charge in [-0.25, -0.2) is 0 Å². The Hall–Kier alpha value is -6.32. The van der Waals surface area contributed by atoms with Gasteiger partial charge in [0.25, 0.3) is 0 Å². The van der Waals surface area contributed by atoms with E-state index in [2.05, 4.69) is 31.9 Å². The quantitative estimate of drug-likeness (QED) is 0.0500. The monoisotopic (exact) mass is 846 g/mol. The van der Waals surface area contributed by atoms with Gasteiger partial charge < -0.3 is 64.2 Å². The number of aromatic hydroxyl groups is 1. The van der Waals surface area contributed by atoms with Crippen molar-refractivity contribution in [2.45, 2.75) is 115 Å². The normalized spacial score (nSPS) is 16.6. The van der Waals surface area contributed by atoms with Gasteiger partial charge in [-0.05, 0) is 48.8 Å². The van der Waals surface area contributed by atoms with Gasteiger partial charge in [-0.15, -0.1) is 0 Å². The number of likely N-dealkylation sites (tertiary alicyclic amines) is 1. The van der Waals surface area contributed by atoms with Gasteiger partial charge in [0.1, 0.15) is 48.0 Å². The minimum atomic E-state index is -1.76. The molecule has 2 rings (SSSR count). The van der Waals surface area contributed by atoms with E-state index in [9.17, 15) is 58.2 Å². The highest BCUT2D eigenvalue weighted by Crippen LogP contribution is 2.21. The summed E-state index contributed by atoms with van der Waals surface area (Å²) in [6, 6.07) is -3.91. The van der Waals surface area contributed by atoms with Gasteiger partial charge >= 0.3 is 0 Å². The van der Waals surface area contributed by atoms with E-state index in [0.29, 0.717) is 12.0 Å². The van der Waals surface area contributed by atoms with Gasteiger partial charge in [-0.2, -0.15) is 0 Å². The van der Waals surface area contributed by atoms with Crippen LogP contribution in [-0.2, 0) is 54.4 Å². The van der Waals surface area contributed by atoms with Crippen LogP contribution in [0.1, 0.15) is 72.3 Å². The molecule has 7 atom stereocenters. The van der Waals surface area contributed by atoms with Crippen molar-refractivity contribution in [1.29, 1.82) is 0 Å². The Kier molecular flexibility index (Phi) is 19.4. The fourth-order valence-electron chi connectivity index (χ4n) is 6.39.